The molecule has 0 amide bonds. The average Bonchev–Trinajstić information content (AvgIpc) is 2.55. The van der Waals surface area contributed by atoms with Crippen molar-refractivity contribution in [3.63, 3.8) is 0 Å². The molecule has 1 aromatic carbocycles. The summed E-state index contributed by atoms with van der Waals surface area (Å²) in [5, 5.41) is 20.0. The van der Waals surface area contributed by atoms with Crippen molar-refractivity contribution >= 4 is 16.7 Å². The zero-order valence-electron chi connectivity index (χ0n) is 12.2. The standard InChI is InChI=1S/C17H19N3O/c1-12-14-6-2-3-7-16(14)19-17(15(12)9-18)20-8-4-5-13(10-20)11-21/h2-3,6-7,13,21H,4-5,8,10-11H2,1H3. The molecule has 0 aliphatic carbocycles. The molecule has 1 fully saturated rings. The summed E-state index contributed by atoms with van der Waals surface area (Å²) in [6.45, 7) is 3.86. The molecule has 0 radical (unpaired) electrons. The van der Waals surface area contributed by atoms with Crippen LogP contribution in [0.2, 0.25) is 0 Å². The molecule has 108 valence electrons. The van der Waals surface area contributed by atoms with Crippen molar-refractivity contribution < 1.29 is 5.11 Å². The van der Waals surface area contributed by atoms with Crippen LogP contribution in [0.15, 0.2) is 24.3 Å². The van der Waals surface area contributed by atoms with E-state index in [-0.39, 0.29) is 12.5 Å². The van der Waals surface area contributed by atoms with E-state index in [0.29, 0.717) is 5.56 Å². The maximum atomic E-state index is 9.55. The van der Waals surface area contributed by atoms with Crippen molar-refractivity contribution in [3.8, 4) is 6.07 Å². The number of fused-ring (bicyclic) bond motifs is 1. The highest BCUT2D eigenvalue weighted by Crippen LogP contribution is 2.30. The first-order valence-electron chi connectivity index (χ1n) is 7.40. The smallest absolute Gasteiger partial charge is 0.147 e. The fourth-order valence-electron chi connectivity index (χ4n) is 3.13. The molecular weight excluding hydrogens is 262 g/mol. The van der Waals surface area contributed by atoms with Crippen LogP contribution in [0.5, 0.6) is 0 Å². The summed E-state index contributed by atoms with van der Waals surface area (Å²) in [4.78, 5) is 6.88. The molecule has 21 heavy (non-hydrogen) atoms. The van der Waals surface area contributed by atoms with Crippen LogP contribution in [0.4, 0.5) is 5.82 Å². The lowest BCUT2D eigenvalue weighted by Gasteiger charge is -2.33. The van der Waals surface area contributed by atoms with Crippen molar-refractivity contribution in [3.05, 3.63) is 35.4 Å². The second-order valence-electron chi connectivity index (χ2n) is 5.70. The Hall–Kier alpha value is -2.12. The number of aliphatic hydroxyl groups is 1. The van der Waals surface area contributed by atoms with Crippen LogP contribution in [0.1, 0.15) is 24.0 Å². The Morgan fingerprint density at radius 2 is 2.24 bits per heavy atom. The molecule has 1 aliphatic rings. The largest absolute Gasteiger partial charge is 0.396 e. The van der Waals surface area contributed by atoms with E-state index in [1.165, 1.54) is 0 Å². The van der Waals surface area contributed by atoms with E-state index in [1.807, 2.05) is 31.2 Å². The summed E-state index contributed by atoms with van der Waals surface area (Å²) in [7, 11) is 0. The monoisotopic (exact) mass is 281 g/mol. The second-order valence-corrected chi connectivity index (χ2v) is 5.70. The second kappa shape index (κ2) is 5.71. The minimum Gasteiger partial charge on any atom is -0.396 e. The zero-order valence-corrected chi connectivity index (χ0v) is 12.2. The number of piperidine rings is 1. The van der Waals surface area contributed by atoms with Crippen LogP contribution in [0, 0.1) is 24.2 Å². The first-order valence-corrected chi connectivity index (χ1v) is 7.40. The Morgan fingerprint density at radius 3 is 3.00 bits per heavy atom. The number of aryl methyl sites for hydroxylation is 1. The number of anilines is 1. The van der Waals surface area contributed by atoms with Crippen molar-refractivity contribution in [2.45, 2.75) is 19.8 Å². The third-order valence-electron chi connectivity index (χ3n) is 4.32. The summed E-state index contributed by atoms with van der Waals surface area (Å²) >= 11 is 0. The average molecular weight is 281 g/mol. The van der Waals surface area contributed by atoms with Gasteiger partial charge in [-0.3, -0.25) is 0 Å². The van der Waals surface area contributed by atoms with Crippen molar-refractivity contribution in [2.75, 3.05) is 24.6 Å². The van der Waals surface area contributed by atoms with Crippen molar-refractivity contribution in [2.24, 2.45) is 5.92 Å². The van der Waals surface area contributed by atoms with E-state index in [9.17, 15) is 10.4 Å². The molecule has 1 saturated heterocycles. The fourth-order valence-corrected chi connectivity index (χ4v) is 3.13. The molecule has 2 heterocycles. The van der Waals surface area contributed by atoms with E-state index in [2.05, 4.69) is 11.0 Å². The third-order valence-corrected chi connectivity index (χ3v) is 4.32. The highest BCUT2D eigenvalue weighted by molar-refractivity contribution is 5.87. The summed E-state index contributed by atoms with van der Waals surface area (Å²) in [6, 6.07) is 10.3. The van der Waals surface area contributed by atoms with Gasteiger partial charge < -0.3 is 10.0 Å². The van der Waals surface area contributed by atoms with Crippen LogP contribution in [0.3, 0.4) is 0 Å². The Bertz CT molecular complexity index is 705. The van der Waals surface area contributed by atoms with Crippen molar-refractivity contribution in [1.29, 1.82) is 5.26 Å². The number of pyridine rings is 1. The van der Waals surface area contributed by atoms with Crippen LogP contribution >= 0.6 is 0 Å². The van der Waals surface area contributed by atoms with Gasteiger partial charge in [0.2, 0.25) is 0 Å². The van der Waals surface area contributed by atoms with Gasteiger partial charge in [0.25, 0.3) is 0 Å². The maximum Gasteiger partial charge on any atom is 0.147 e. The summed E-state index contributed by atoms with van der Waals surface area (Å²) in [5.74, 6) is 1.05. The number of benzene rings is 1. The van der Waals surface area contributed by atoms with Gasteiger partial charge in [0, 0.05) is 25.1 Å². The summed E-state index contributed by atoms with van der Waals surface area (Å²) < 4.78 is 0. The molecule has 4 heteroatoms. The Kier molecular flexibility index (Phi) is 3.76. The summed E-state index contributed by atoms with van der Waals surface area (Å²) in [6.07, 6.45) is 2.07. The van der Waals surface area contributed by atoms with Crippen LogP contribution in [-0.4, -0.2) is 29.8 Å². The van der Waals surface area contributed by atoms with E-state index >= 15 is 0 Å². The lowest BCUT2D eigenvalue weighted by molar-refractivity contribution is 0.208. The van der Waals surface area contributed by atoms with Gasteiger partial charge >= 0.3 is 0 Å². The van der Waals surface area contributed by atoms with Crippen LogP contribution in [-0.2, 0) is 0 Å². The number of para-hydroxylation sites is 1. The Balaban J connectivity index is 2.11. The molecule has 1 aliphatic heterocycles. The molecule has 3 rings (SSSR count). The van der Waals surface area contributed by atoms with E-state index < -0.39 is 0 Å². The first-order chi connectivity index (χ1) is 10.2. The van der Waals surface area contributed by atoms with Gasteiger partial charge in [-0.05, 0) is 37.3 Å². The SMILES string of the molecule is Cc1c(C#N)c(N2CCCC(CO)C2)nc2ccccc12. The Morgan fingerprint density at radius 1 is 1.43 bits per heavy atom. The fraction of sp³-hybridized carbons (Fsp3) is 0.412. The molecule has 1 atom stereocenters. The number of aliphatic hydroxyl groups excluding tert-OH is 1. The molecule has 1 unspecified atom stereocenters. The quantitative estimate of drug-likeness (QED) is 0.919. The van der Waals surface area contributed by atoms with Crippen LogP contribution < -0.4 is 4.90 Å². The van der Waals surface area contributed by atoms with Gasteiger partial charge in [0.05, 0.1) is 11.1 Å². The van der Waals surface area contributed by atoms with Gasteiger partial charge in [-0.15, -0.1) is 0 Å². The minimum absolute atomic E-state index is 0.199. The third kappa shape index (κ3) is 2.45. The number of nitriles is 1. The molecule has 1 N–H and O–H groups in total. The van der Waals surface area contributed by atoms with E-state index in [4.69, 9.17) is 4.98 Å². The predicted molar refractivity (Wildman–Crippen MR) is 83.2 cm³/mol. The lowest BCUT2D eigenvalue weighted by atomic mass is 9.97. The van der Waals surface area contributed by atoms with Gasteiger partial charge in [-0.25, -0.2) is 4.98 Å². The van der Waals surface area contributed by atoms with E-state index in [0.717, 1.165) is 48.2 Å². The highest BCUT2D eigenvalue weighted by atomic mass is 16.3. The van der Waals surface area contributed by atoms with Gasteiger partial charge in [0.1, 0.15) is 11.9 Å². The molecular formula is C17H19N3O. The zero-order chi connectivity index (χ0) is 14.8. The number of hydrogen-bond donors (Lipinski definition) is 1. The molecule has 2 aromatic rings. The van der Waals surface area contributed by atoms with Gasteiger partial charge in [-0.1, -0.05) is 18.2 Å². The molecule has 0 bridgehead atoms. The number of rotatable bonds is 2. The lowest BCUT2D eigenvalue weighted by Crippen LogP contribution is -2.37. The number of aromatic nitrogens is 1. The summed E-state index contributed by atoms with van der Waals surface area (Å²) in [5.41, 5.74) is 2.58. The van der Waals surface area contributed by atoms with Gasteiger partial charge in [0.15, 0.2) is 0 Å². The molecule has 0 saturated carbocycles. The normalized spacial score (nSPS) is 18.7. The van der Waals surface area contributed by atoms with Gasteiger partial charge in [-0.2, -0.15) is 5.26 Å². The molecule has 1 aromatic heterocycles. The highest BCUT2D eigenvalue weighted by Gasteiger charge is 2.24. The molecule has 0 spiro atoms. The minimum atomic E-state index is 0.199. The Labute approximate surface area is 124 Å². The first kappa shape index (κ1) is 13.8. The predicted octanol–water partition coefficient (Wildman–Crippen LogP) is 2.62. The maximum absolute atomic E-state index is 9.55. The number of nitrogens with zero attached hydrogens (tertiary/aromatic N) is 3. The topological polar surface area (TPSA) is 60.2 Å². The van der Waals surface area contributed by atoms with E-state index in [1.54, 1.807) is 0 Å². The van der Waals surface area contributed by atoms with Crippen LogP contribution in [0.25, 0.3) is 10.9 Å². The van der Waals surface area contributed by atoms with Crippen molar-refractivity contribution in [1.82, 2.24) is 4.98 Å². The number of hydrogen-bond acceptors (Lipinski definition) is 4. The molecule has 4 nitrogen and oxygen atoms in total.